The van der Waals surface area contributed by atoms with Crippen molar-refractivity contribution in [2.24, 2.45) is 5.92 Å². The Balaban J connectivity index is 2.16. The van der Waals surface area contributed by atoms with Crippen molar-refractivity contribution in [3.05, 3.63) is 28.8 Å². The molecule has 0 spiro atoms. The largest absolute Gasteiger partial charge is 0.371 e. The molecule has 1 atom stereocenters. The lowest BCUT2D eigenvalue weighted by atomic mass is 9.96. The molecule has 1 aliphatic rings. The van der Waals surface area contributed by atoms with Crippen molar-refractivity contribution in [3.63, 3.8) is 0 Å². The van der Waals surface area contributed by atoms with Crippen molar-refractivity contribution in [1.82, 2.24) is 5.32 Å². The lowest BCUT2D eigenvalue weighted by Crippen LogP contribution is -2.42. The van der Waals surface area contributed by atoms with E-state index in [0.29, 0.717) is 17.1 Å². The number of nitriles is 1. The quantitative estimate of drug-likeness (QED) is 0.901. The fourth-order valence-corrected chi connectivity index (χ4v) is 2.64. The van der Waals surface area contributed by atoms with Gasteiger partial charge in [0.1, 0.15) is 6.07 Å². The molecule has 1 aliphatic heterocycles. The van der Waals surface area contributed by atoms with Crippen LogP contribution in [0.4, 0.5) is 5.69 Å². The highest BCUT2D eigenvalue weighted by Crippen LogP contribution is 2.27. The molecule has 0 aromatic heterocycles. The van der Waals surface area contributed by atoms with Crippen LogP contribution >= 0.6 is 11.6 Å². The molecule has 100 valence electrons. The summed E-state index contributed by atoms with van der Waals surface area (Å²) < 4.78 is 0. The lowest BCUT2D eigenvalue weighted by Gasteiger charge is -2.33. The summed E-state index contributed by atoms with van der Waals surface area (Å²) in [5, 5.41) is 12.0. The molecule has 0 radical (unpaired) electrons. The third kappa shape index (κ3) is 2.99. The molecule has 0 aliphatic carbocycles. The molecular weight excluding hydrogens is 262 g/mol. The van der Waals surface area contributed by atoms with E-state index >= 15 is 0 Å². The minimum absolute atomic E-state index is 0.0215. The number of rotatable bonds is 2. The molecule has 0 saturated carbocycles. The molecule has 19 heavy (non-hydrogen) atoms. The topological polar surface area (TPSA) is 56.1 Å². The zero-order valence-corrected chi connectivity index (χ0v) is 11.6. The number of hydrogen-bond donors (Lipinski definition) is 1. The van der Waals surface area contributed by atoms with Gasteiger partial charge in [-0.05, 0) is 31.0 Å². The van der Waals surface area contributed by atoms with Gasteiger partial charge in [-0.3, -0.25) is 4.79 Å². The maximum Gasteiger partial charge on any atom is 0.224 e. The highest BCUT2D eigenvalue weighted by Gasteiger charge is 2.25. The molecular formula is C14H16ClN3O. The second kappa shape index (κ2) is 5.94. The first-order chi connectivity index (χ1) is 9.15. The summed E-state index contributed by atoms with van der Waals surface area (Å²) in [5.41, 5.74) is 1.45. The van der Waals surface area contributed by atoms with E-state index < -0.39 is 0 Å². The highest BCUT2D eigenvalue weighted by molar-refractivity contribution is 6.32. The number of nitrogens with one attached hydrogen (secondary N) is 1. The highest BCUT2D eigenvalue weighted by atomic mass is 35.5. The summed E-state index contributed by atoms with van der Waals surface area (Å²) in [7, 11) is 1.67. The first-order valence-electron chi connectivity index (χ1n) is 6.32. The van der Waals surface area contributed by atoms with Gasteiger partial charge in [0.15, 0.2) is 0 Å². The molecule has 1 saturated heterocycles. The monoisotopic (exact) mass is 277 g/mol. The summed E-state index contributed by atoms with van der Waals surface area (Å²) in [6.07, 6.45) is 1.90. The van der Waals surface area contributed by atoms with E-state index in [1.165, 1.54) is 0 Å². The van der Waals surface area contributed by atoms with Crippen LogP contribution in [0.25, 0.3) is 0 Å². The van der Waals surface area contributed by atoms with E-state index in [-0.39, 0.29) is 11.8 Å². The van der Waals surface area contributed by atoms with E-state index in [0.717, 1.165) is 25.1 Å². The predicted octanol–water partition coefficient (Wildman–Crippen LogP) is 2.17. The number of piperidine rings is 1. The average Bonchev–Trinajstić information content (AvgIpc) is 2.46. The van der Waals surface area contributed by atoms with Crippen LogP contribution in [0.15, 0.2) is 18.2 Å². The molecule has 1 unspecified atom stereocenters. The van der Waals surface area contributed by atoms with Crippen molar-refractivity contribution in [2.75, 3.05) is 25.0 Å². The molecule has 5 heteroatoms. The van der Waals surface area contributed by atoms with Crippen LogP contribution in [-0.4, -0.2) is 26.0 Å². The van der Waals surface area contributed by atoms with Gasteiger partial charge < -0.3 is 10.2 Å². The summed E-state index contributed by atoms with van der Waals surface area (Å²) in [6, 6.07) is 7.45. The van der Waals surface area contributed by atoms with Gasteiger partial charge in [0.05, 0.1) is 16.5 Å². The van der Waals surface area contributed by atoms with Crippen LogP contribution in [0.2, 0.25) is 5.02 Å². The Morgan fingerprint density at radius 1 is 1.58 bits per heavy atom. The van der Waals surface area contributed by atoms with Gasteiger partial charge in [0.25, 0.3) is 0 Å². The lowest BCUT2D eigenvalue weighted by molar-refractivity contribution is -0.124. The standard InChI is InChI=1S/C14H16ClN3O/c1-17-14(19)11-3-2-6-18(9-11)12-5-4-10(8-16)13(15)7-12/h4-5,7,11H,2-3,6,9H2,1H3,(H,17,19). The first-order valence-corrected chi connectivity index (χ1v) is 6.69. The second-order valence-electron chi connectivity index (χ2n) is 4.68. The molecule has 1 N–H and O–H groups in total. The third-order valence-electron chi connectivity index (χ3n) is 3.48. The van der Waals surface area contributed by atoms with Crippen LogP contribution in [0.5, 0.6) is 0 Å². The minimum Gasteiger partial charge on any atom is -0.371 e. The Bertz CT molecular complexity index is 524. The summed E-state index contributed by atoms with van der Waals surface area (Å²) in [4.78, 5) is 13.9. The number of amides is 1. The smallest absolute Gasteiger partial charge is 0.224 e. The molecule has 1 fully saturated rings. The normalized spacial score (nSPS) is 18.8. The van der Waals surface area contributed by atoms with Crippen LogP contribution < -0.4 is 10.2 Å². The van der Waals surface area contributed by atoms with Crippen LogP contribution in [0, 0.1) is 17.2 Å². The van der Waals surface area contributed by atoms with Crippen LogP contribution in [0.3, 0.4) is 0 Å². The van der Waals surface area contributed by atoms with E-state index in [1.807, 2.05) is 12.1 Å². The Kier molecular flexibility index (Phi) is 4.28. The molecule has 1 heterocycles. The van der Waals surface area contributed by atoms with Crippen LogP contribution in [0.1, 0.15) is 18.4 Å². The maximum absolute atomic E-state index is 11.7. The van der Waals surface area contributed by atoms with E-state index in [4.69, 9.17) is 16.9 Å². The first kappa shape index (κ1) is 13.7. The Labute approximate surface area is 118 Å². The molecule has 1 amide bonds. The summed E-state index contributed by atoms with van der Waals surface area (Å²) in [5.74, 6) is 0.109. The van der Waals surface area contributed by atoms with Crippen molar-refractivity contribution in [1.29, 1.82) is 5.26 Å². The van der Waals surface area contributed by atoms with Crippen molar-refractivity contribution in [3.8, 4) is 6.07 Å². The van der Waals surface area contributed by atoms with E-state index in [9.17, 15) is 4.79 Å². The van der Waals surface area contributed by atoms with Crippen molar-refractivity contribution >= 4 is 23.2 Å². The maximum atomic E-state index is 11.7. The van der Waals surface area contributed by atoms with E-state index in [1.54, 1.807) is 19.2 Å². The van der Waals surface area contributed by atoms with Gasteiger partial charge in [-0.15, -0.1) is 0 Å². The molecule has 4 nitrogen and oxygen atoms in total. The van der Waals surface area contributed by atoms with Gasteiger partial charge in [-0.25, -0.2) is 0 Å². The van der Waals surface area contributed by atoms with Gasteiger partial charge >= 0.3 is 0 Å². The van der Waals surface area contributed by atoms with E-state index in [2.05, 4.69) is 10.2 Å². The average molecular weight is 278 g/mol. The zero-order chi connectivity index (χ0) is 13.8. The second-order valence-corrected chi connectivity index (χ2v) is 5.08. The Morgan fingerprint density at radius 2 is 2.37 bits per heavy atom. The van der Waals surface area contributed by atoms with Gasteiger partial charge in [0.2, 0.25) is 5.91 Å². The predicted molar refractivity (Wildman–Crippen MR) is 75.2 cm³/mol. The van der Waals surface area contributed by atoms with Crippen molar-refractivity contribution in [2.45, 2.75) is 12.8 Å². The fourth-order valence-electron chi connectivity index (χ4n) is 2.42. The van der Waals surface area contributed by atoms with Gasteiger partial charge in [0, 0.05) is 25.8 Å². The molecule has 0 bridgehead atoms. The van der Waals surface area contributed by atoms with Crippen LogP contribution in [-0.2, 0) is 4.79 Å². The van der Waals surface area contributed by atoms with Gasteiger partial charge in [-0.2, -0.15) is 5.26 Å². The summed E-state index contributed by atoms with van der Waals surface area (Å²) >= 11 is 6.05. The number of hydrogen-bond acceptors (Lipinski definition) is 3. The zero-order valence-electron chi connectivity index (χ0n) is 10.8. The molecule has 1 aromatic carbocycles. The SMILES string of the molecule is CNC(=O)C1CCCN(c2ccc(C#N)c(Cl)c2)C1. The van der Waals surface area contributed by atoms with Gasteiger partial charge in [-0.1, -0.05) is 11.6 Å². The Hall–Kier alpha value is -1.73. The number of benzene rings is 1. The molecule has 2 rings (SSSR count). The van der Waals surface area contributed by atoms with Crippen molar-refractivity contribution < 1.29 is 4.79 Å². The minimum atomic E-state index is 0.0215. The number of halogens is 1. The fraction of sp³-hybridized carbons (Fsp3) is 0.429. The number of anilines is 1. The Morgan fingerprint density at radius 3 is 3.00 bits per heavy atom. The summed E-state index contributed by atoms with van der Waals surface area (Å²) in [6.45, 7) is 1.61. The number of nitrogens with zero attached hydrogens (tertiary/aromatic N) is 2. The third-order valence-corrected chi connectivity index (χ3v) is 3.79. The number of carbonyl (C=O) groups excluding carboxylic acids is 1. The number of carbonyl (C=O) groups is 1. The molecule has 1 aromatic rings.